The van der Waals surface area contributed by atoms with Crippen LogP contribution in [0.25, 0.3) is 0 Å². The molecule has 4 rings (SSSR count). The summed E-state index contributed by atoms with van der Waals surface area (Å²) >= 11 is 0. The molecule has 7 heteroatoms. The van der Waals surface area contributed by atoms with Gasteiger partial charge in [-0.05, 0) is 84.7 Å². The van der Waals surface area contributed by atoms with Gasteiger partial charge in [-0.3, -0.25) is 0 Å². The SMILES string of the molecule is C=COC(=O)C1=CC=C(C2=CC=C(C3=CC=C(OC(=O)c4ccc(OCCOC(=O)C=C)cc4)CC3)CC2)CC1. The second-order valence-electron chi connectivity index (χ2n) is 9.30. The predicted octanol–water partition coefficient (Wildman–Crippen LogP) is 6.54. The summed E-state index contributed by atoms with van der Waals surface area (Å²) < 4.78 is 20.8. The van der Waals surface area contributed by atoms with Crippen molar-refractivity contribution in [2.24, 2.45) is 0 Å². The maximum Gasteiger partial charge on any atom is 0.343 e. The lowest BCUT2D eigenvalue weighted by atomic mass is 9.84. The molecule has 0 atom stereocenters. The molecule has 0 fully saturated rings. The van der Waals surface area contributed by atoms with Gasteiger partial charge >= 0.3 is 17.9 Å². The fraction of sp³-hybridized carbons (Fsp3) is 0.242. The number of esters is 3. The molecule has 40 heavy (non-hydrogen) atoms. The standard InChI is InChI=1S/C33H32O7/c1-3-31(34)39-22-21-38-29-17-15-28(16-18-29)33(36)40-30-19-13-26(14-20-30)24-7-5-23(6-8-24)25-9-11-27(12-10-25)32(35)37-4-2/h3-5,7,9,11,13,15-19H,1-2,6,8,10,12,14,20-22H2. The maximum atomic E-state index is 12.6. The molecule has 0 bridgehead atoms. The maximum absolute atomic E-state index is 12.6. The topological polar surface area (TPSA) is 88.1 Å². The minimum absolute atomic E-state index is 0.110. The van der Waals surface area contributed by atoms with Crippen LogP contribution in [-0.4, -0.2) is 31.1 Å². The van der Waals surface area contributed by atoms with Gasteiger partial charge in [0.25, 0.3) is 0 Å². The monoisotopic (exact) mass is 540 g/mol. The van der Waals surface area contributed by atoms with Crippen LogP contribution in [0.5, 0.6) is 5.75 Å². The lowest BCUT2D eigenvalue weighted by molar-refractivity contribution is -0.138. The summed E-state index contributed by atoms with van der Waals surface area (Å²) in [7, 11) is 0. The number of ether oxygens (including phenoxy) is 4. The average molecular weight is 541 g/mol. The van der Waals surface area contributed by atoms with E-state index in [-0.39, 0.29) is 19.2 Å². The van der Waals surface area contributed by atoms with E-state index in [1.165, 1.54) is 22.3 Å². The highest BCUT2D eigenvalue weighted by molar-refractivity contribution is 5.90. The first-order valence-electron chi connectivity index (χ1n) is 13.2. The summed E-state index contributed by atoms with van der Waals surface area (Å²) in [6.07, 6.45) is 19.2. The van der Waals surface area contributed by atoms with Crippen LogP contribution in [0, 0.1) is 0 Å². The molecule has 0 unspecified atom stereocenters. The third-order valence-electron chi connectivity index (χ3n) is 6.76. The molecule has 0 spiro atoms. The Balaban J connectivity index is 1.29. The van der Waals surface area contributed by atoms with E-state index in [2.05, 4.69) is 25.3 Å². The Morgan fingerprint density at radius 3 is 1.82 bits per heavy atom. The van der Waals surface area contributed by atoms with E-state index in [1.807, 2.05) is 24.3 Å². The fourth-order valence-corrected chi connectivity index (χ4v) is 4.60. The van der Waals surface area contributed by atoms with Gasteiger partial charge in [0.05, 0.1) is 11.8 Å². The van der Waals surface area contributed by atoms with Crippen molar-refractivity contribution in [2.75, 3.05) is 13.2 Å². The van der Waals surface area contributed by atoms with Crippen molar-refractivity contribution in [1.29, 1.82) is 0 Å². The molecular formula is C33H32O7. The van der Waals surface area contributed by atoms with Gasteiger partial charge in [0, 0.05) is 18.1 Å². The van der Waals surface area contributed by atoms with Crippen LogP contribution >= 0.6 is 0 Å². The number of hydrogen-bond acceptors (Lipinski definition) is 7. The Morgan fingerprint density at radius 1 is 0.700 bits per heavy atom. The molecule has 0 saturated heterocycles. The van der Waals surface area contributed by atoms with Crippen LogP contribution in [0.15, 0.2) is 120 Å². The lowest BCUT2D eigenvalue weighted by Gasteiger charge is -2.22. The van der Waals surface area contributed by atoms with Crippen LogP contribution in [0.2, 0.25) is 0 Å². The third-order valence-corrected chi connectivity index (χ3v) is 6.76. The van der Waals surface area contributed by atoms with E-state index in [1.54, 1.807) is 24.3 Å². The van der Waals surface area contributed by atoms with E-state index < -0.39 is 11.9 Å². The van der Waals surface area contributed by atoms with E-state index in [0.29, 0.717) is 35.5 Å². The molecule has 0 N–H and O–H groups in total. The van der Waals surface area contributed by atoms with Crippen molar-refractivity contribution in [2.45, 2.75) is 38.5 Å². The molecule has 0 amide bonds. The fourth-order valence-electron chi connectivity index (χ4n) is 4.60. The molecule has 1 aromatic rings. The van der Waals surface area contributed by atoms with E-state index in [4.69, 9.17) is 18.9 Å². The summed E-state index contributed by atoms with van der Waals surface area (Å²) in [5, 5.41) is 0. The Morgan fingerprint density at radius 2 is 1.30 bits per heavy atom. The molecule has 206 valence electrons. The third kappa shape index (κ3) is 7.69. The van der Waals surface area contributed by atoms with Gasteiger partial charge in [0.1, 0.15) is 24.7 Å². The van der Waals surface area contributed by atoms with Gasteiger partial charge in [-0.2, -0.15) is 0 Å². The van der Waals surface area contributed by atoms with Crippen molar-refractivity contribution in [3.05, 3.63) is 125 Å². The zero-order valence-electron chi connectivity index (χ0n) is 22.4. The van der Waals surface area contributed by atoms with Gasteiger partial charge in [-0.25, -0.2) is 14.4 Å². The molecule has 0 saturated carbocycles. The Bertz CT molecular complexity index is 1360. The highest BCUT2D eigenvalue weighted by Gasteiger charge is 2.20. The van der Waals surface area contributed by atoms with E-state index in [9.17, 15) is 14.4 Å². The van der Waals surface area contributed by atoms with Crippen LogP contribution in [-0.2, 0) is 23.8 Å². The quantitative estimate of drug-likeness (QED) is 0.104. The number of rotatable bonds is 11. The highest BCUT2D eigenvalue weighted by Crippen LogP contribution is 2.35. The molecule has 3 aliphatic rings. The first kappa shape index (κ1) is 28.4. The summed E-state index contributed by atoms with van der Waals surface area (Å²) in [6.45, 7) is 7.07. The van der Waals surface area contributed by atoms with Crippen LogP contribution in [0.3, 0.4) is 0 Å². The Labute approximate surface area is 234 Å². The molecule has 7 nitrogen and oxygen atoms in total. The Kier molecular flexibility index (Phi) is 9.88. The predicted molar refractivity (Wildman–Crippen MR) is 151 cm³/mol. The second kappa shape index (κ2) is 13.9. The molecule has 1 aromatic carbocycles. The summed E-state index contributed by atoms with van der Waals surface area (Å²) in [5.74, 6) is -0.0658. The number of benzene rings is 1. The van der Waals surface area contributed by atoms with Crippen LogP contribution in [0.4, 0.5) is 0 Å². The number of allylic oxidation sites excluding steroid dienone is 11. The molecule has 0 aliphatic heterocycles. The van der Waals surface area contributed by atoms with Crippen LogP contribution in [0.1, 0.15) is 48.9 Å². The summed E-state index contributed by atoms with van der Waals surface area (Å²) in [4.78, 5) is 35.5. The largest absolute Gasteiger partial charge is 0.490 e. The lowest BCUT2D eigenvalue weighted by Crippen LogP contribution is -2.10. The molecular weight excluding hydrogens is 508 g/mol. The van der Waals surface area contributed by atoms with E-state index >= 15 is 0 Å². The first-order valence-corrected chi connectivity index (χ1v) is 13.2. The number of hydrogen-bond donors (Lipinski definition) is 0. The minimum Gasteiger partial charge on any atom is -0.490 e. The molecule has 0 radical (unpaired) electrons. The van der Waals surface area contributed by atoms with Gasteiger partial charge in [-0.15, -0.1) is 0 Å². The van der Waals surface area contributed by atoms with Crippen LogP contribution < -0.4 is 4.74 Å². The molecule has 0 aromatic heterocycles. The Hall–Kier alpha value is -4.65. The minimum atomic E-state index is -0.502. The summed E-state index contributed by atoms with van der Waals surface area (Å²) in [6, 6.07) is 6.62. The zero-order chi connectivity index (χ0) is 28.3. The summed E-state index contributed by atoms with van der Waals surface area (Å²) in [5.41, 5.74) is 6.19. The van der Waals surface area contributed by atoms with Crippen molar-refractivity contribution in [1.82, 2.24) is 0 Å². The highest BCUT2D eigenvalue weighted by atomic mass is 16.6. The van der Waals surface area contributed by atoms with Gasteiger partial charge in [-0.1, -0.05) is 43.5 Å². The second-order valence-corrected chi connectivity index (χ2v) is 9.30. The smallest absolute Gasteiger partial charge is 0.343 e. The molecule has 0 heterocycles. The van der Waals surface area contributed by atoms with Crippen molar-refractivity contribution in [3.8, 4) is 5.75 Å². The van der Waals surface area contributed by atoms with Crippen molar-refractivity contribution >= 4 is 17.9 Å². The molecule has 3 aliphatic carbocycles. The zero-order valence-corrected chi connectivity index (χ0v) is 22.4. The first-order chi connectivity index (χ1) is 19.5. The number of carbonyl (C=O) groups is 3. The van der Waals surface area contributed by atoms with Gasteiger partial charge in [0.15, 0.2) is 0 Å². The number of carbonyl (C=O) groups excluding carboxylic acids is 3. The van der Waals surface area contributed by atoms with E-state index in [0.717, 1.165) is 38.0 Å². The van der Waals surface area contributed by atoms with Gasteiger partial charge < -0.3 is 18.9 Å². The van der Waals surface area contributed by atoms with Gasteiger partial charge in [0.2, 0.25) is 0 Å². The average Bonchev–Trinajstić information content (AvgIpc) is 3.00. The van der Waals surface area contributed by atoms with Crippen molar-refractivity contribution < 1.29 is 33.3 Å². The van der Waals surface area contributed by atoms with Crippen molar-refractivity contribution in [3.63, 3.8) is 0 Å². The normalized spacial score (nSPS) is 16.5.